The predicted octanol–water partition coefficient (Wildman–Crippen LogP) is 4.44. The van der Waals surface area contributed by atoms with Crippen molar-refractivity contribution in [1.29, 1.82) is 0 Å². The summed E-state index contributed by atoms with van der Waals surface area (Å²) in [6.07, 6.45) is 2.75. The van der Waals surface area contributed by atoms with E-state index in [1.807, 2.05) is 30.3 Å². The van der Waals surface area contributed by atoms with Gasteiger partial charge in [-0.3, -0.25) is 14.9 Å². The van der Waals surface area contributed by atoms with Crippen molar-refractivity contribution in [2.24, 2.45) is 0 Å². The minimum atomic E-state index is -0.384. The predicted molar refractivity (Wildman–Crippen MR) is 95.8 cm³/mol. The molecule has 5 heteroatoms. The summed E-state index contributed by atoms with van der Waals surface area (Å²) in [5.74, 6) is 0.889. The second-order valence-electron chi connectivity index (χ2n) is 6.27. The van der Waals surface area contributed by atoms with Crippen LogP contribution in [0.4, 0.5) is 5.69 Å². The zero-order valence-corrected chi connectivity index (χ0v) is 14.2. The van der Waals surface area contributed by atoms with E-state index >= 15 is 0 Å². The second kappa shape index (κ2) is 6.89. The van der Waals surface area contributed by atoms with Crippen LogP contribution in [-0.2, 0) is 4.79 Å². The molecule has 0 heterocycles. The van der Waals surface area contributed by atoms with Crippen molar-refractivity contribution >= 4 is 17.0 Å². The van der Waals surface area contributed by atoms with Gasteiger partial charge in [0.2, 0.25) is 0 Å². The Balaban J connectivity index is 1.91. The summed E-state index contributed by atoms with van der Waals surface area (Å²) < 4.78 is 5.17. The normalized spacial score (nSPS) is 17.1. The van der Waals surface area contributed by atoms with E-state index in [0.717, 1.165) is 22.4 Å². The molecule has 0 fully saturated rings. The molecule has 2 aromatic rings. The SMILES string of the molecule is COc1ccc([C@H]2CC(=O)C=C(c3ccc(C)c([N+](=O)[O-])c3)C2)cc1. The fourth-order valence-electron chi connectivity index (χ4n) is 3.21. The van der Waals surface area contributed by atoms with Crippen molar-refractivity contribution in [2.75, 3.05) is 7.11 Å². The van der Waals surface area contributed by atoms with E-state index < -0.39 is 0 Å². The minimum Gasteiger partial charge on any atom is -0.497 e. The van der Waals surface area contributed by atoms with Crippen LogP contribution in [0, 0.1) is 17.0 Å². The number of nitro groups is 1. The first-order valence-electron chi connectivity index (χ1n) is 8.10. The lowest BCUT2D eigenvalue weighted by atomic mass is 9.81. The number of ether oxygens (including phenoxy) is 1. The Morgan fingerprint density at radius 2 is 1.84 bits per heavy atom. The molecule has 0 aliphatic heterocycles. The van der Waals surface area contributed by atoms with Gasteiger partial charge in [0.05, 0.1) is 12.0 Å². The molecule has 0 saturated carbocycles. The van der Waals surface area contributed by atoms with Gasteiger partial charge >= 0.3 is 0 Å². The van der Waals surface area contributed by atoms with Crippen LogP contribution in [0.5, 0.6) is 5.75 Å². The van der Waals surface area contributed by atoms with Gasteiger partial charge in [-0.15, -0.1) is 0 Å². The highest BCUT2D eigenvalue weighted by molar-refractivity contribution is 5.99. The van der Waals surface area contributed by atoms with Crippen LogP contribution in [0.15, 0.2) is 48.5 Å². The topological polar surface area (TPSA) is 69.4 Å². The number of ketones is 1. The number of aryl methyl sites for hydroxylation is 1. The van der Waals surface area contributed by atoms with Gasteiger partial charge in [0.25, 0.3) is 5.69 Å². The van der Waals surface area contributed by atoms with Crippen molar-refractivity contribution in [1.82, 2.24) is 0 Å². The molecular formula is C20H19NO4. The van der Waals surface area contributed by atoms with Crippen LogP contribution < -0.4 is 4.74 Å². The van der Waals surface area contributed by atoms with Crippen LogP contribution in [0.1, 0.15) is 35.4 Å². The number of methoxy groups -OCH3 is 1. The molecular weight excluding hydrogens is 318 g/mol. The van der Waals surface area contributed by atoms with Gasteiger partial charge in [0.1, 0.15) is 5.75 Å². The highest BCUT2D eigenvalue weighted by atomic mass is 16.6. The van der Waals surface area contributed by atoms with E-state index in [0.29, 0.717) is 18.4 Å². The van der Waals surface area contributed by atoms with Gasteiger partial charge in [-0.05, 0) is 54.2 Å². The Hall–Kier alpha value is -2.95. The number of nitro benzene ring substituents is 1. The molecule has 0 unspecified atom stereocenters. The third-order valence-electron chi connectivity index (χ3n) is 4.61. The molecule has 0 radical (unpaired) electrons. The van der Waals surface area contributed by atoms with Gasteiger partial charge in [0.15, 0.2) is 5.78 Å². The quantitative estimate of drug-likeness (QED) is 0.611. The molecule has 25 heavy (non-hydrogen) atoms. The van der Waals surface area contributed by atoms with Gasteiger partial charge in [-0.1, -0.05) is 24.3 Å². The van der Waals surface area contributed by atoms with Crippen LogP contribution in [-0.4, -0.2) is 17.8 Å². The van der Waals surface area contributed by atoms with Crippen LogP contribution >= 0.6 is 0 Å². The standard InChI is InChI=1S/C20H19NO4/c1-13-3-4-15(12-20(13)21(23)24)17-9-16(10-18(22)11-17)14-5-7-19(25-2)8-6-14/h3-8,11-12,16H,9-10H2,1-2H3/t16-/m1/s1. The maximum absolute atomic E-state index is 12.2. The molecule has 0 saturated heterocycles. The highest BCUT2D eigenvalue weighted by Gasteiger charge is 2.24. The summed E-state index contributed by atoms with van der Waals surface area (Å²) in [6.45, 7) is 1.71. The van der Waals surface area contributed by atoms with E-state index in [1.54, 1.807) is 32.2 Å². The number of carbonyl (C=O) groups excluding carboxylic acids is 1. The fourth-order valence-corrected chi connectivity index (χ4v) is 3.21. The minimum absolute atomic E-state index is 0.0466. The first kappa shape index (κ1) is 16.9. The van der Waals surface area contributed by atoms with Crippen LogP contribution in [0.3, 0.4) is 0 Å². The molecule has 1 aliphatic carbocycles. The molecule has 0 bridgehead atoms. The number of benzene rings is 2. The fraction of sp³-hybridized carbons (Fsp3) is 0.250. The molecule has 5 nitrogen and oxygen atoms in total. The molecule has 2 aromatic carbocycles. The smallest absolute Gasteiger partial charge is 0.272 e. The largest absolute Gasteiger partial charge is 0.497 e. The molecule has 0 amide bonds. The third-order valence-corrected chi connectivity index (χ3v) is 4.61. The van der Waals surface area contributed by atoms with Crippen molar-refractivity contribution in [3.8, 4) is 5.75 Å². The molecule has 0 N–H and O–H groups in total. The van der Waals surface area contributed by atoms with Crippen LogP contribution in [0.25, 0.3) is 5.57 Å². The van der Waals surface area contributed by atoms with Gasteiger partial charge in [0, 0.05) is 18.1 Å². The lowest BCUT2D eigenvalue weighted by Crippen LogP contribution is -2.12. The maximum atomic E-state index is 12.2. The average Bonchev–Trinajstić information content (AvgIpc) is 2.61. The van der Waals surface area contributed by atoms with Crippen molar-refractivity contribution in [3.63, 3.8) is 0 Å². The zero-order valence-electron chi connectivity index (χ0n) is 14.2. The Kier molecular flexibility index (Phi) is 4.65. The molecule has 0 spiro atoms. The molecule has 128 valence electrons. The Morgan fingerprint density at radius 1 is 1.12 bits per heavy atom. The molecule has 1 atom stereocenters. The summed E-state index contributed by atoms with van der Waals surface area (Å²) in [6, 6.07) is 12.8. The van der Waals surface area contributed by atoms with Gasteiger partial charge in [-0.25, -0.2) is 0 Å². The summed E-state index contributed by atoms with van der Waals surface area (Å²) in [7, 11) is 1.62. The van der Waals surface area contributed by atoms with Crippen molar-refractivity contribution in [2.45, 2.75) is 25.7 Å². The monoisotopic (exact) mass is 337 g/mol. The van der Waals surface area contributed by atoms with Gasteiger partial charge in [-0.2, -0.15) is 0 Å². The average molecular weight is 337 g/mol. The third kappa shape index (κ3) is 3.60. The van der Waals surface area contributed by atoms with E-state index in [1.165, 1.54) is 0 Å². The first-order chi connectivity index (χ1) is 12.0. The summed E-state index contributed by atoms with van der Waals surface area (Å²) in [5, 5.41) is 11.2. The maximum Gasteiger partial charge on any atom is 0.272 e. The molecule has 3 rings (SSSR count). The first-order valence-corrected chi connectivity index (χ1v) is 8.10. The van der Waals surface area contributed by atoms with E-state index in [4.69, 9.17) is 4.74 Å². The molecule has 0 aromatic heterocycles. The summed E-state index contributed by atoms with van der Waals surface area (Å²) >= 11 is 0. The number of rotatable bonds is 4. The Morgan fingerprint density at radius 3 is 2.48 bits per heavy atom. The highest BCUT2D eigenvalue weighted by Crippen LogP contribution is 2.37. The summed E-state index contributed by atoms with van der Waals surface area (Å²) in [5.41, 5.74) is 3.35. The van der Waals surface area contributed by atoms with Crippen molar-refractivity contribution < 1.29 is 14.5 Å². The Bertz CT molecular complexity index is 852. The number of hydrogen-bond acceptors (Lipinski definition) is 4. The number of allylic oxidation sites excluding steroid dienone is 2. The lowest BCUT2D eigenvalue weighted by Gasteiger charge is -2.23. The lowest BCUT2D eigenvalue weighted by molar-refractivity contribution is -0.385. The number of carbonyl (C=O) groups is 1. The van der Waals surface area contributed by atoms with Crippen molar-refractivity contribution in [3.05, 3.63) is 75.3 Å². The second-order valence-corrected chi connectivity index (χ2v) is 6.27. The summed E-state index contributed by atoms with van der Waals surface area (Å²) in [4.78, 5) is 23.0. The zero-order chi connectivity index (χ0) is 18.0. The number of hydrogen-bond donors (Lipinski definition) is 0. The van der Waals surface area contributed by atoms with E-state index in [2.05, 4.69) is 0 Å². The molecule has 1 aliphatic rings. The van der Waals surface area contributed by atoms with E-state index in [-0.39, 0.29) is 22.3 Å². The van der Waals surface area contributed by atoms with Gasteiger partial charge < -0.3 is 4.74 Å². The number of nitrogens with zero attached hydrogens (tertiary/aromatic N) is 1. The van der Waals surface area contributed by atoms with E-state index in [9.17, 15) is 14.9 Å². The van der Waals surface area contributed by atoms with Crippen LogP contribution in [0.2, 0.25) is 0 Å². The Labute approximate surface area is 146 Å².